The Kier molecular flexibility index (Phi) is 5.28. The monoisotopic (exact) mass is 340 g/mol. The third-order valence-corrected chi connectivity index (χ3v) is 3.48. The highest BCUT2D eigenvalue weighted by molar-refractivity contribution is 5.88. The van der Waals surface area contributed by atoms with Gasteiger partial charge in [-0.3, -0.25) is 9.48 Å². The zero-order valence-corrected chi connectivity index (χ0v) is 13.6. The standard InChI is InChI=1S/C16H19F3N4O/c1-10(12-5-4-6-14(7-12)21-11(2)24)20-8-13-9-23(3)22-15(13)16(17,18)19/h4-7,9-10,20H,8H2,1-3H3,(H,21,24)/t10-/m0/s1. The first-order valence-corrected chi connectivity index (χ1v) is 7.37. The maximum Gasteiger partial charge on any atom is 0.435 e. The number of anilines is 1. The van der Waals surface area contributed by atoms with Gasteiger partial charge in [0.05, 0.1) is 0 Å². The summed E-state index contributed by atoms with van der Waals surface area (Å²) >= 11 is 0. The highest BCUT2D eigenvalue weighted by Crippen LogP contribution is 2.30. The Morgan fingerprint density at radius 2 is 2.08 bits per heavy atom. The van der Waals surface area contributed by atoms with Gasteiger partial charge in [-0.1, -0.05) is 12.1 Å². The maximum absolute atomic E-state index is 12.9. The molecule has 0 radical (unpaired) electrons. The van der Waals surface area contributed by atoms with Crippen molar-refractivity contribution < 1.29 is 18.0 Å². The molecule has 1 heterocycles. The summed E-state index contributed by atoms with van der Waals surface area (Å²) in [5.41, 5.74) is 0.719. The lowest BCUT2D eigenvalue weighted by molar-refractivity contribution is -0.142. The van der Waals surface area contributed by atoms with Crippen molar-refractivity contribution in [2.45, 2.75) is 32.6 Å². The molecule has 0 unspecified atom stereocenters. The van der Waals surface area contributed by atoms with Crippen LogP contribution < -0.4 is 10.6 Å². The normalized spacial score (nSPS) is 12.9. The highest BCUT2D eigenvalue weighted by Gasteiger charge is 2.36. The maximum atomic E-state index is 12.9. The summed E-state index contributed by atoms with van der Waals surface area (Å²) in [5.74, 6) is -0.182. The number of alkyl halides is 3. The van der Waals surface area contributed by atoms with Crippen molar-refractivity contribution in [3.8, 4) is 0 Å². The minimum Gasteiger partial charge on any atom is -0.326 e. The van der Waals surface area contributed by atoms with E-state index < -0.39 is 11.9 Å². The molecule has 1 aromatic heterocycles. The van der Waals surface area contributed by atoms with Crippen molar-refractivity contribution in [2.24, 2.45) is 7.05 Å². The van der Waals surface area contributed by atoms with Gasteiger partial charge < -0.3 is 10.6 Å². The number of carbonyl (C=O) groups is 1. The second-order valence-corrected chi connectivity index (χ2v) is 5.58. The predicted molar refractivity (Wildman–Crippen MR) is 84.2 cm³/mol. The van der Waals surface area contributed by atoms with Crippen LogP contribution in [-0.4, -0.2) is 15.7 Å². The van der Waals surface area contributed by atoms with Gasteiger partial charge in [0.2, 0.25) is 5.91 Å². The van der Waals surface area contributed by atoms with Crippen molar-refractivity contribution in [3.63, 3.8) is 0 Å². The number of amides is 1. The molecule has 2 N–H and O–H groups in total. The van der Waals surface area contributed by atoms with Gasteiger partial charge in [0.15, 0.2) is 5.69 Å². The van der Waals surface area contributed by atoms with E-state index in [9.17, 15) is 18.0 Å². The Morgan fingerprint density at radius 3 is 2.71 bits per heavy atom. The van der Waals surface area contributed by atoms with Gasteiger partial charge in [-0.2, -0.15) is 18.3 Å². The number of hydrogen-bond donors (Lipinski definition) is 2. The van der Waals surface area contributed by atoms with Crippen molar-refractivity contribution in [1.82, 2.24) is 15.1 Å². The number of hydrogen-bond acceptors (Lipinski definition) is 3. The van der Waals surface area contributed by atoms with E-state index in [1.165, 1.54) is 20.2 Å². The van der Waals surface area contributed by atoms with Gasteiger partial charge in [0.1, 0.15) is 0 Å². The molecule has 2 aromatic rings. The number of rotatable bonds is 5. The summed E-state index contributed by atoms with van der Waals surface area (Å²) in [6.45, 7) is 3.29. The quantitative estimate of drug-likeness (QED) is 0.878. The molecule has 1 atom stereocenters. The van der Waals surface area contributed by atoms with Crippen LogP contribution in [0.25, 0.3) is 0 Å². The van der Waals surface area contributed by atoms with Gasteiger partial charge >= 0.3 is 6.18 Å². The van der Waals surface area contributed by atoms with Crippen molar-refractivity contribution >= 4 is 11.6 Å². The number of benzene rings is 1. The second-order valence-electron chi connectivity index (χ2n) is 5.58. The third kappa shape index (κ3) is 4.58. The smallest absolute Gasteiger partial charge is 0.326 e. The zero-order valence-electron chi connectivity index (χ0n) is 13.6. The van der Waals surface area contributed by atoms with E-state index in [1.54, 1.807) is 18.2 Å². The van der Waals surface area contributed by atoms with Crippen LogP contribution in [0.1, 0.15) is 36.7 Å². The number of nitrogens with zero attached hydrogens (tertiary/aromatic N) is 2. The number of aromatic nitrogens is 2. The molecule has 2 rings (SSSR count). The zero-order chi connectivity index (χ0) is 17.9. The lowest BCUT2D eigenvalue weighted by Gasteiger charge is -2.16. The Balaban J connectivity index is 2.09. The van der Waals surface area contributed by atoms with Crippen LogP contribution in [0.2, 0.25) is 0 Å². The summed E-state index contributed by atoms with van der Waals surface area (Å²) in [7, 11) is 1.46. The molecular formula is C16H19F3N4O. The lowest BCUT2D eigenvalue weighted by Crippen LogP contribution is -2.20. The number of halogens is 3. The molecular weight excluding hydrogens is 321 g/mol. The Labute approximate surface area is 137 Å². The Morgan fingerprint density at radius 1 is 1.38 bits per heavy atom. The molecule has 0 bridgehead atoms. The molecule has 0 spiro atoms. The molecule has 24 heavy (non-hydrogen) atoms. The Hall–Kier alpha value is -2.35. The van der Waals surface area contributed by atoms with Crippen LogP contribution in [-0.2, 0) is 24.6 Å². The largest absolute Gasteiger partial charge is 0.435 e. The van der Waals surface area contributed by atoms with E-state index in [0.717, 1.165) is 10.2 Å². The Bertz CT molecular complexity index is 724. The average molecular weight is 340 g/mol. The number of nitrogens with one attached hydrogen (secondary N) is 2. The molecule has 1 amide bonds. The van der Waals surface area contributed by atoms with Crippen LogP contribution >= 0.6 is 0 Å². The molecule has 0 aliphatic heterocycles. The molecule has 5 nitrogen and oxygen atoms in total. The lowest BCUT2D eigenvalue weighted by atomic mass is 10.1. The fourth-order valence-corrected chi connectivity index (χ4v) is 2.38. The second kappa shape index (κ2) is 7.04. The van der Waals surface area contributed by atoms with E-state index in [-0.39, 0.29) is 24.1 Å². The topological polar surface area (TPSA) is 59.0 Å². The van der Waals surface area contributed by atoms with Gasteiger partial charge in [0.25, 0.3) is 0 Å². The summed E-state index contributed by atoms with van der Waals surface area (Å²) in [5, 5.41) is 9.22. The average Bonchev–Trinajstić information content (AvgIpc) is 2.85. The summed E-state index contributed by atoms with van der Waals surface area (Å²) < 4.78 is 40.0. The van der Waals surface area contributed by atoms with Crippen LogP contribution in [0.15, 0.2) is 30.5 Å². The first kappa shape index (κ1) is 18.0. The SMILES string of the molecule is CC(=O)Nc1cccc([C@H](C)NCc2cn(C)nc2C(F)(F)F)c1. The van der Waals surface area contributed by atoms with Crippen molar-refractivity contribution in [1.29, 1.82) is 0 Å². The van der Waals surface area contributed by atoms with E-state index in [0.29, 0.717) is 5.69 Å². The summed E-state index contributed by atoms with van der Waals surface area (Å²) in [4.78, 5) is 11.1. The third-order valence-electron chi connectivity index (χ3n) is 3.48. The van der Waals surface area contributed by atoms with Crippen molar-refractivity contribution in [2.75, 3.05) is 5.32 Å². The molecule has 0 saturated carbocycles. The first-order chi connectivity index (χ1) is 11.2. The highest BCUT2D eigenvalue weighted by atomic mass is 19.4. The number of aryl methyl sites for hydroxylation is 1. The van der Waals surface area contributed by atoms with E-state index in [4.69, 9.17) is 0 Å². The van der Waals surface area contributed by atoms with Crippen LogP contribution in [0.4, 0.5) is 18.9 Å². The van der Waals surface area contributed by atoms with Crippen LogP contribution in [0.3, 0.4) is 0 Å². The molecule has 0 fully saturated rings. The minimum atomic E-state index is -4.48. The summed E-state index contributed by atoms with van der Waals surface area (Å²) in [6, 6.07) is 6.97. The summed E-state index contributed by atoms with van der Waals surface area (Å²) in [6.07, 6.45) is -3.12. The fourth-order valence-electron chi connectivity index (χ4n) is 2.38. The van der Waals surface area contributed by atoms with Crippen LogP contribution in [0.5, 0.6) is 0 Å². The fraction of sp³-hybridized carbons (Fsp3) is 0.375. The minimum absolute atomic E-state index is 0.0359. The van der Waals surface area contributed by atoms with E-state index in [2.05, 4.69) is 15.7 Å². The molecule has 0 aliphatic rings. The molecule has 0 aliphatic carbocycles. The van der Waals surface area contributed by atoms with E-state index in [1.807, 2.05) is 13.0 Å². The van der Waals surface area contributed by atoms with Crippen molar-refractivity contribution in [3.05, 3.63) is 47.3 Å². The molecule has 8 heteroatoms. The molecule has 0 saturated heterocycles. The van der Waals surface area contributed by atoms with Gasteiger partial charge in [-0.15, -0.1) is 0 Å². The first-order valence-electron chi connectivity index (χ1n) is 7.37. The van der Waals surface area contributed by atoms with Gasteiger partial charge in [-0.05, 0) is 24.6 Å². The number of carbonyl (C=O) groups excluding carboxylic acids is 1. The molecule has 130 valence electrons. The molecule has 1 aromatic carbocycles. The van der Waals surface area contributed by atoms with Gasteiger partial charge in [0, 0.05) is 44.0 Å². The van der Waals surface area contributed by atoms with Crippen LogP contribution in [0, 0.1) is 0 Å². The predicted octanol–water partition coefficient (Wildman–Crippen LogP) is 3.25. The van der Waals surface area contributed by atoms with Gasteiger partial charge in [-0.25, -0.2) is 0 Å². The van der Waals surface area contributed by atoms with E-state index >= 15 is 0 Å².